The molecular weight excluding hydrogens is 184 g/mol. The highest BCUT2D eigenvalue weighted by Gasteiger charge is 1.98. The zero-order valence-electron chi connectivity index (χ0n) is 5.83. The molecule has 0 aromatic carbocycles. The molecule has 10 heavy (non-hydrogen) atoms. The summed E-state index contributed by atoms with van der Waals surface area (Å²) >= 11 is 5.21. The smallest absolute Gasteiger partial charge is 0.154 e. The molecule has 0 saturated heterocycles. The van der Waals surface area contributed by atoms with Gasteiger partial charge in [0.2, 0.25) is 0 Å². The Labute approximate surface area is 72.8 Å². The molecule has 0 unspecified atom stereocenters. The number of hydrogen-bond acceptors (Lipinski definition) is 5. The summed E-state index contributed by atoms with van der Waals surface area (Å²) in [6, 6.07) is 0. The van der Waals surface area contributed by atoms with Crippen LogP contribution in [-0.2, 0) is 0 Å². The molecule has 1 rings (SSSR count). The predicted molar refractivity (Wildman–Crippen MR) is 48.9 cm³/mol. The van der Waals surface area contributed by atoms with Crippen molar-refractivity contribution in [2.24, 2.45) is 0 Å². The van der Waals surface area contributed by atoms with Crippen molar-refractivity contribution in [1.82, 2.24) is 10.2 Å². The van der Waals surface area contributed by atoms with Crippen LogP contribution in [0.4, 0.5) is 0 Å². The Hall–Kier alpha value is 0.260. The van der Waals surface area contributed by atoms with Crippen molar-refractivity contribution in [3.63, 3.8) is 0 Å². The first-order chi connectivity index (χ1) is 4.83. The van der Waals surface area contributed by atoms with Crippen LogP contribution in [0.3, 0.4) is 0 Å². The van der Waals surface area contributed by atoms with Crippen LogP contribution in [0.2, 0.25) is 0 Å². The lowest BCUT2D eigenvalue weighted by atomic mass is 10.9. The molecule has 1 aromatic rings. The number of aromatic nitrogens is 2. The minimum absolute atomic E-state index is 1.05. The summed E-state index contributed by atoms with van der Waals surface area (Å²) < 4.78 is 1.08. The fourth-order valence-electron chi connectivity index (χ4n) is 0.446. The van der Waals surface area contributed by atoms with Crippen LogP contribution >= 0.6 is 34.9 Å². The summed E-state index contributed by atoms with van der Waals surface area (Å²) in [5.74, 6) is 0. The third-order valence-corrected chi connectivity index (χ3v) is 3.79. The summed E-state index contributed by atoms with van der Waals surface area (Å²) in [5, 5.41) is 9.99. The summed E-state index contributed by atoms with van der Waals surface area (Å²) in [7, 11) is 0. The maximum Gasteiger partial charge on any atom is 0.175 e. The Morgan fingerprint density at radius 2 is 2.30 bits per heavy atom. The Kier molecular flexibility index (Phi) is 3.51. The lowest BCUT2D eigenvalue weighted by Crippen LogP contribution is -1.71. The topological polar surface area (TPSA) is 25.8 Å². The van der Waals surface area contributed by atoms with E-state index in [0.29, 0.717) is 0 Å². The average Bonchev–Trinajstić information content (AvgIpc) is 2.31. The van der Waals surface area contributed by atoms with E-state index in [9.17, 15) is 0 Å². The molecule has 5 heteroatoms. The van der Waals surface area contributed by atoms with E-state index in [0.717, 1.165) is 14.4 Å². The SMILES string of the molecule is CSCSc1nnc(C)s1. The largest absolute Gasteiger partial charge is 0.175 e. The number of rotatable bonds is 3. The molecule has 0 atom stereocenters. The van der Waals surface area contributed by atoms with Crippen LogP contribution in [0.5, 0.6) is 0 Å². The minimum atomic E-state index is 1.05. The fourth-order valence-corrected chi connectivity index (χ4v) is 2.87. The molecule has 2 nitrogen and oxygen atoms in total. The van der Waals surface area contributed by atoms with Gasteiger partial charge in [0.1, 0.15) is 5.01 Å². The maximum atomic E-state index is 3.97. The van der Waals surface area contributed by atoms with E-state index in [-0.39, 0.29) is 0 Å². The Morgan fingerprint density at radius 1 is 1.50 bits per heavy atom. The van der Waals surface area contributed by atoms with Crippen LogP contribution in [0.15, 0.2) is 4.34 Å². The van der Waals surface area contributed by atoms with Gasteiger partial charge < -0.3 is 0 Å². The fraction of sp³-hybridized carbons (Fsp3) is 0.600. The standard InChI is InChI=1S/C5H8N2S3/c1-4-6-7-5(10-4)9-3-8-2/h3H2,1-2H3. The van der Waals surface area contributed by atoms with Gasteiger partial charge in [-0.2, -0.15) is 11.8 Å². The van der Waals surface area contributed by atoms with Gasteiger partial charge in [0, 0.05) is 5.08 Å². The first kappa shape index (κ1) is 8.36. The van der Waals surface area contributed by atoms with Crippen molar-refractivity contribution >= 4 is 34.9 Å². The van der Waals surface area contributed by atoms with Crippen LogP contribution in [0.1, 0.15) is 5.01 Å². The molecule has 0 radical (unpaired) electrons. The molecule has 0 saturated carbocycles. The highest BCUT2D eigenvalue weighted by Crippen LogP contribution is 2.23. The number of hydrogen-bond donors (Lipinski definition) is 0. The minimum Gasteiger partial charge on any atom is -0.154 e. The molecule has 0 N–H and O–H groups in total. The lowest BCUT2D eigenvalue weighted by Gasteiger charge is -1.88. The molecule has 0 aliphatic heterocycles. The van der Waals surface area contributed by atoms with Crippen molar-refractivity contribution in [3.8, 4) is 0 Å². The molecule has 1 heterocycles. The van der Waals surface area contributed by atoms with Crippen molar-refractivity contribution in [1.29, 1.82) is 0 Å². The summed E-state index contributed by atoms with van der Waals surface area (Å²) in [6.07, 6.45) is 2.08. The average molecular weight is 192 g/mol. The van der Waals surface area contributed by atoms with Gasteiger partial charge in [0.15, 0.2) is 4.34 Å². The second-order valence-electron chi connectivity index (χ2n) is 1.64. The Morgan fingerprint density at radius 3 is 2.80 bits per heavy atom. The van der Waals surface area contributed by atoms with Crippen LogP contribution < -0.4 is 0 Å². The van der Waals surface area contributed by atoms with E-state index in [2.05, 4.69) is 16.5 Å². The lowest BCUT2D eigenvalue weighted by molar-refractivity contribution is 0.985. The van der Waals surface area contributed by atoms with Crippen molar-refractivity contribution < 1.29 is 0 Å². The van der Waals surface area contributed by atoms with Gasteiger partial charge in [0.25, 0.3) is 0 Å². The van der Waals surface area contributed by atoms with Crippen molar-refractivity contribution in [3.05, 3.63) is 5.01 Å². The molecule has 0 fully saturated rings. The molecule has 0 aliphatic rings. The molecule has 0 aliphatic carbocycles. The maximum absolute atomic E-state index is 3.97. The van der Waals surface area contributed by atoms with Crippen molar-refractivity contribution in [2.45, 2.75) is 11.3 Å². The van der Waals surface area contributed by atoms with E-state index < -0.39 is 0 Å². The van der Waals surface area contributed by atoms with Gasteiger partial charge in [-0.1, -0.05) is 23.1 Å². The van der Waals surface area contributed by atoms with E-state index in [1.165, 1.54) is 0 Å². The zero-order chi connectivity index (χ0) is 7.40. The van der Waals surface area contributed by atoms with Gasteiger partial charge in [-0.05, 0) is 13.2 Å². The van der Waals surface area contributed by atoms with Gasteiger partial charge in [-0.15, -0.1) is 10.2 Å². The molecule has 1 aromatic heterocycles. The van der Waals surface area contributed by atoms with Crippen LogP contribution in [0.25, 0.3) is 0 Å². The van der Waals surface area contributed by atoms with Gasteiger partial charge in [-0.25, -0.2) is 0 Å². The Bertz CT molecular complexity index is 199. The highest BCUT2D eigenvalue weighted by molar-refractivity contribution is 8.16. The molecular formula is C5H8N2S3. The number of aryl methyl sites for hydroxylation is 1. The highest BCUT2D eigenvalue weighted by atomic mass is 32.2. The van der Waals surface area contributed by atoms with Gasteiger partial charge in [-0.3, -0.25) is 0 Å². The normalized spacial score (nSPS) is 10.2. The van der Waals surface area contributed by atoms with Crippen molar-refractivity contribution in [2.75, 3.05) is 11.3 Å². The number of thioether (sulfide) groups is 2. The number of nitrogens with zero attached hydrogens (tertiary/aromatic N) is 2. The van der Waals surface area contributed by atoms with Crippen LogP contribution in [0, 0.1) is 6.92 Å². The summed E-state index contributed by atoms with van der Waals surface area (Å²) in [4.78, 5) is 0. The van der Waals surface area contributed by atoms with Crippen LogP contribution in [-0.4, -0.2) is 21.5 Å². The third kappa shape index (κ3) is 2.48. The van der Waals surface area contributed by atoms with E-state index in [1.54, 1.807) is 23.1 Å². The molecule has 0 bridgehead atoms. The van der Waals surface area contributed by atoms with E-state index >= 15 is 0 Å². The third-order valence-electron chi connectivity index (χ3n) is 0.808. The van der Waals surface area contributed by atoms with Gasteiger partial charge >= 0.3 is 0 Å². The van der Waals surface area contributed by atoms with Gasteiger partial charge in [0.05, 0.1) is 0 Å². The molecule has 56 valence electrons. The molecule has 0 amide bonds. The summed E-state index contributed by atoms with van der Waals surface area (Å²) in [6.45, 7) is 1.97. The van der Waals surface area contributed by atoms with E-state index in [1.807, 2.05) is 18.7 Å². The first-order valence-electron chi connectivity index (χ1n) is 2.75. The second-order valence-corrected chi connectivity index (χ2v) is 5.27. The monoisotopic (exact) mass is 192 g/mol. The second kappa shape index (κ2) is 4.20. The molecule has 0 spiro atoms. The first-order valence-corrected chi connectivity index (χ1v) is 5.94. The van der Waals surface area contributed by atoms with E-state index in [4.69, 9.17) is 0 Å². The predicted octanol–water partition coefficient (Wildman–Crippen LogP) is 2.26. The Balaban J connectivity index is 2.42. The summed E-state index contributed by atoms with van der Waals surface area (Å²) in [5.41, 5.74) is 0. The zero-order valence-corrected chi connectivity index (χ0v) is 8.28. The quantitative estimate of drug-likeness (QED) is 0.542.